The minimum Gasteiger partial charge on any atom is -0.285 e. The van der Waals surface area contributed by atoms with Crippen LogP contribution < -0.4 is 0 Å². The van der Waals surface area contributed by atoms with Crippen LogP contribution in [0.5, 0.6) is 0 Å². The first-order chi connectivity index (χ1) is 5.46. The summed E-state index contributed by atoms with van der Waals surface area (Å²) in [6.45, 7) is 0. The first-order valence-corrected chi connectivity index (χ1v) is 2.94. The summed E-state index contributed by atoms with van der Waals surface area (Å²) >= 11 is 0. The first kappa shape index (κ1) is 8.76. The largest absolute Gasteiger partial charge is 0.433 e. The molecule has 0 saturated carbocycles. The van der Waals surface area contributed by atoms with Crippen LogP contribution in [0.4, 0.5) is 13.2 Å². The summed E-state index contributed by atoms with van der Waals surface area (Å²) in [5, 5.41) is 3.29. The summed E-state index contributed by atoms with van der Waals surface area (Å²) in [7, 11) is 1.11. The Bertz CT molecular complexity index is 302. The van der Waals surface area contributed by atoms with Gasteiger partial charge in [-0.05, 0) is 0 Å². The van der Waals surface area contributed by atoms with Crippen LogP contribution in [-0.4, -0.2) is 16.1 Å². The number of aryl methyl sites for hydroxylation is 1. The number of hydrogen-bond acceptors (Lipinski definition) is 2. The fraction of sp³-hybridized carbons (Fsp3) is 0.333. The van der Waals surface area contributed by atoms with Crippen molar-refractivity contribution in [3.05, 3.63) is 17.5 Å². The van der Waals surface area contributed by atoms with Gasteiger partial charge in [0.05, 0.1) is 11.8 Å². The van der Waals surface area contributed by atoms with E-state index in [-0.39, 0.29) is 0 Å². The van der Waals surface area contributed by atoms with Crippen molar-refractivity contribution in [2.45, 2.75) is 6.18 Å². The Labute approximate surface area is 65.8 Å². The van der Waals surface area contributed by atoms with Gasteiger partial charge < -0.3 is 0 Å². The van der Waals surface area contributed by atoms with Gasteiger partial charge in [-0.25, -0.2) is 0 Å². The van der Waals surface area contributed by atoms with Gasteiger partial charge in [0.15, 0.2) is 5.69 Å². The molecule has 0 atom stereocenters. The van der Waals surface area contributed by atoms with Gasteiger partial charge in [-0.3, -0.25) is 9.48 Å². The van der Waals surface area contributed by atoms with Gasteiger partial charge in [-0.15, -0.1) is 0 Å². The first-order valence-electron chi connectivity index (χ1n) is 2.94. The van der Waals surface area contributed by atoms with Gasteiger partial charge >= 0.3 is 6.18 Å². The van der Waals surface area contributed by atoms with E-state index in [1.54, 1.807) is 0 Å². The number of halogens is 3. The summed E-state index contributed by atoms with van der Waals surface area (Å²) in [6.07, 6.45) is -2.56. The minimum absolute atomic E-state index is 0.565. The molecule has 0 fully saturated rings. The molecule has 0 aliphatic rings. The van der Waals surface area contributed by atoms with Crippen molar-refractivity contribution in [1.82, 2.24) is 9.78 Å². The van der Waals surface area contributed by atoms with Crippen LogP contribution in [0.25, 0.3) is 0 Å². The molecule has 1 aromatic rings. The molecular formula is C6H4F3N2O. The van der Waals surface area contributed by atoms with Crippen molar-refractivity contribution in [2.24, 2.45) is 7.05 Å². The Hall–Kier alpha value is -1.33. The molecule has 0 amide bonds. The molecule has 0 bridgehead atoms. The number of aromatic nitrogens is 2. The Balaban J connectivity index is 3.28. The van der Waals surface area contributed by atoms with Crippen LogP contribution in [0.1, 0.15) is 11.3 Å². The second kappa shape index (κ2) is 2.62. The summed E-state index contributed by atoms with van der Waals surface area (Å²) in [4.78, 5) is 10.0. The van der Waals surface area contributed by atoms with E-state index >= 15 is 0 Å². The second-order valence-electron chi connectivity index (χ2n) is 2.13. The van der Waals surface area contributed by atoms with Gasteiger partial charge in [-0.1, -0.05) is 0 Å². The number of alkyl halides is 3. The lowest BCUT2D eigenvalue weighted by Crippen LogP contribution is -2.13. The Morgan fingerprint density at radius 1 is 1.58 bits per heavy atom. The standard InChI is InChI=1S/C6H4F3N2O/c1-11-5(6(7,8)9)4(3-12)2-10-11/h2H,1H3. The van der Waals surface area contributed by atoms with Crippen molar-refractivity contribution in [2.75, 3.05) is 0 Å². The topological polar surface area (TPSA) is 34.9 Å². The highest BCUT2D eigenvalue weighted by Gasteiger charge is 2.37. The van der Waals surface area contributed by atoms with Crippen molar-refractivity contribution < 1.29 is 18.0 Å². The fourth-order valence-electron chi connectivity index (χ4n) is 0.848. The molecule has 65 valence electrons. The lowest BCUT2D eigenvalue weighted by molar-refractivity contribution is -0.143. The zero-order valence-corrected chi connectivity index (χ0v) is 6.01. The monoisotopic (exact) mass is 177 g/mol. The number of rotatable bonds is 1. The van der Waals surface area contributed by atoms with E-state index in [0.717, 1.165) is 13.2 Å². The summed E-state index contributed by atoms with van der Waals surface area (Å²) in [6, 6.07) is 0. The van der Waals surface area contributed by atoms with Gasteiger partial charge in [0.1, 0.15) is 0 Å². The third-order valence-corrected chi connectivity index (χ3v) is 1.32. The molecule has 12 heavy (non-hydrogen) atoms. The van der Waals surface area contributed by atoms with Crippen LogP contribution in [-0.2, 0) is 18.0 Å². The van der Waals surface area contributed by atoms with Crippen molar-refractivity contribution in [1.29, 1.82) is 0 Å². The molecule has 0 spiro atoms. The molecule has 3 nitrogen and oxygen atoms in total. The van der Waals surface area contributed by atoms with Crippen LogP contribution in [0.3, 0.4) is 0 Å². The van der Waals surface area contributed by atoms with E-state index in [4.69, 9.17) is 0 Å². The van der Waals surface area contributed by atoms with Crippen molar-refractivity contribution in [3.63, 3.8) is 0 Å². The zero-order chi connectivity index (χ0) is 9.35. The fourth-order valence-corrected chi connectivity index (χ4v) is 0.848. The van der Waals surface area contributed by atoms with Crippen LogP contribution in [0, 0.1) is 0 Å². The summed E-state index contributed by atoms with van der Waals surface area (Å²) in [5.41, 5.74) is -1.64. The normalized spacial score (nSPS) is 11.7. The van der Waals surface area contributed by atoms with Crippen LogP contribution in [0.2, 0.25) is 0 Å². The number of nitrogens with zero attached hydrogens (tertiary/aromatic N) is 2. The Morgan fingerprint density at radius 3 is 2.50 bits per heavy atom. The van der Waals surface area contributed by atoms with E-state index < -0.39 is 17.4 Å². The van der Waals surface area contributed by atoms with E-state index in [0.29, 0.717) is 4.68 Å². The number of hydrogen-bond donors (Lipinski definition) is 0. The van der Waals surface area contributed by atoms with Gasteiger partial charge in [-0.2, -0.15) is 18.3 Å². The maximum absolute atomic E-state index is 12.1. The van der Waals surface area contributed by atoms with E-state index in [9.17, 15) is 18.0 Å². The molecule has 0 unspecified atom stereocenters. The molecular weight excluding hydrogens is 173 g/mol. The maximum atomic E-state index is 12.1. The zero-order valence-electron chi connectivity index (χ0n) is 6.01. The van der Waals surface area contributed by atoms with Gasteiger partial charge in [0.25, 0.3) is 0 Å². The van der Waals surface area contributed by atoms with E-state index in [1.165, 1.54) is 6.29 Å². The van der Waals surface area contributed by atoms with Crippen molar-refractivity contribution >= 4 is 6.29 Å². The highest BCUT2D eigenvalue weighted by molar-refractivity contribution is 5.76. The lowest BCUT2D eigenvalue weighted by atomic mass is 10.2. The minimum atomic E-state index is -4.56. The highest BCUT2D eigenvalue weighted by atomic mass is 19.4. The molecule has 0 aliphatic heterocycles. The Morgan fingerprint density at radius 2 is 2.17 bits per heavy atom. The van der Waals surface area contributed by atoms with Crippen molar-refractivity contribution in [3.8, 4) is 0 Å². The Kier molecular flexibility index (Phi) is 1.91. The number of carbonyl (C=O) groups excluding carboxylic acids is 1. The summed E-state index contributed by atoms with van der Waals surface area (Å²) < 4.78 is 36.9. The van der Waals surface area contributed by atoms with E-state index in [1.807, 2.05) is 0 Å². The second-order valence-corrected chi connectivity index (χ2v) is 2.13. The average molecular weight is 177 g/mol. The van der Waals surface area contributed by atoms with Crippen LogP contribution in [0.15, 0.2) is 6.20 Å². The quantitative estimate of drug-likeness (QED) is 0.638. The molecule has 0 N–H and O–H groups in total. The molecule has 1 radical (unpaired) electrons. The molecule has 1 aromatic heterocycles. The smallest absolute Gasteiger partial charge is 0.285 e. The third-order valence-electron chi connectivity index (χ3n) is 1.32. The molecule has 0 aromatic carbocycles. The highest BCUT2D eigenvalue weighted by Crippen LogP contribution is 2.30. The summed E-state index contributed by atoms with van der Waals surface area (Å²) in [5.74, 6) is 0. The van der Waals surface area contributed by atoms with Gasteiger partial charge in [0.2, 0.25) is 6.29 Å². The maximum Gasteiger partial charge on any atom is 0.433 e. The predicted octanol–water partition coefficient (Wildman–Crippen LogP) is 0.897. The molecule has 1 rings (SSSR count). The third kappa shape index (κ3) is 1.32. The molecule has 0 aliphatic carbocycles. The predicted molar refractivity (Wildman–Crippen MR) is 33.0 cm³/mol. The molecule has 1 heterocycles. The molecule has 0 saturated heterocycles. The lowest BCUT2D eigenvalue weighted by Gasteiger charge is -2.06. The van der Waals surface area contributed by atoms with Crippen LogP contribution >= 0.6 is 0 Å². The van der Waals surface area contributed by atoms with Gasteiger partial charge in [0, 0.05) is 7.05 Å². The molecule has 6 heteroatoms. The van der Waals surface area contributed by atoms with E-state index in [2.05, 4.69) is 5.10 Å². The SMILES string of the molecule is Cn1ncc([C]=O)c1C(F)(F)F. The average Bonchev–Trinajstić information content (AvgIpc) is 2.29.